The highest BCUT2D eigenvalue weighted by Crippen LogP contribution is 2.26. The molecule has 0 aliphatic carbocycles. The molecule has 36 heavy (non-hydrogen) atoms. The molecular weight excluding hydrogens is 511 g/mol. The number of likely N-dealkylation sites (N-methyl/N-ethyl adjacent to an activating group) is 1. The van der Waals surface area contributed by atoms with Crippen LogP contribution in [0, 0.1) is 0 Å². The molecule has 0 aliphatic heterocycles. The van der Waals surface area contributed by atoms with Crippen molar-refractivity contribution in [2.45, 2.75) is 21.4 Å². The van der Waals surface area contributed by atoms with Gasteiger partial charge in [0.1, 0.15) is 6.67 Å². The smallest absolute Gasteiger partial charge is 0.335 e. The van der Waals surface area contributed by atoms with E-state index in [1.807, 2.05) is 0 Å². The molecule has 3 aromatic carbocycles. The Balaban J connectivity index is 1.75. The normalized spacial score (nSPS) is 11.7. The first-order valence-corrected chi connectivity index (χ1v) is 13.5. The number of nitrogens with one attached hydrogen (secondary N) is 1. The van der Waals surface area contributed by atoms with E-state index >= 15 is 0 Å². The molecule has 0 spiro atoms. The van der Waals surface area contributed by atoms with Crippen LogP contribution in [0.3, 0.4) is 0 Å². The Morgan fingerprint density at radius 1 is 0.889 bits per heavy atom. The number of hydrogen-bond acceptors (Lipinski definition) is 6. The molecular formula is C24H23FN2O7S2. The van der Waals surface area contributed by atoms with Crippen molar-refractivity contribution in [2.75, 3.05) is 20.1 Å². The minimum Gasteiger partial charge on any atom is -0.478 e. The number of carboxylic acid groups (broad SMARTS) is 1. The van der Waals surface area contributed by atoms with Crippen LogP contribution in [0.2, 0.25) is 0 Å². The van der Waals surface area contributed by atoms with E-state index in [0.29, 0.717) is 0 Å². The van der Waals surface area contributed by atoms with Gasteiger partial charge in [0.25, 0.3) is 5.91 Å². The van der Waals surface area contributed by atoms with Gasteiger partial charge in [0.05, 0.1) is 20.2 Å². The van der Waals surface area contributed by atoms with Crippen LogP contribution in [0.5, 0.6) is 0 Å². The largest absolute Gasteiger partial charge is 0.478 e. The summed E-state index contributed by atoms with van der Waals surface area (Å²) < 4.78 is 67.5. The number of sulfone groups is 1. The monoisotopic (exact) mass is 534 g/mol. The number of carbonyl (C=O) groups excluding carboxylic acids is 1. The average molecular weight is 535 g/mol. The summed E-state index contributed by atoms with van der Waals surface area (Å²) in [6, 6.07) is 15.9. The fourth-order valence-electron chi connectivity index (χ4n) is 3.30. The maximum Gasteiger partial charge on any atom is 0.335 e. The number of sulfonamides is 1. The molecule has 0 saturated heterocycles. The first kappa shape index (κ1) is 27.0. The number of carbonyl (C=O) groups is 2. The first-order valence-electron chi connectivity index (χ1n) is 10.5. The van der Waals surface area contributed by atoms with Gasteiger partial charge in [-0.3, -0.25) is 4.79 Å². The van der Waals surface area contributed by atoms with Crippen molar-refractivity contribution in [3.05, 3.63) is 89.5 Å². The third-order valence-electron chi connectivity index (χ3n) is 5.30. The Kier molecular flexibility index (Phi) is 8.23. The second-order valence-electron chi connectivity index (χ2n) is 7.73. The van der Waals surface area contributed by atoms with E-state index in [-0.39, 0.29) is 39.6 Å². The number of hydrogen-bond donors (Lipinski definition) is 2. The molecule has 3 rings (SSSR count). The van der Waals surface area contributed by atoms with Crippen LogP contribution < -0.4 is 4.72 Å². The SMILES string of the molecule is CN(CCNS(=O)(=O)c1cc(S(=O)(=O)c2ccccc2)ccc1CF)C(=O)c1ccc(C(=O)O)cc1. The molecule has 0 bridgehead atoms. The fourth-order valence-corrected chi connectivity index (χ4v) is 5.95. The molecule has 9 nitrogen and oxygen atoms in total. The number of alkyl halides is 1. The number of halogens is 1. The van der Waals surface area contributed by atoms with Crippen molar-refractivity contribution >= 4 is 31.7 Å². The van der Waals surface area contributed by atoms with Crippen LogP contribution >= 0.6 is 0 Å². The van der Waals surface area contributed by atoms with E-state index < -0.39 is 43.3 Å². The lowest BCUT2D eigenvalue weighted by atomic mass is 10.1. The summed E-state index contributed by atoms with van der Waals surface area (Å²) in [7, 11) is -6.93. The van der Waals surface area contributed by atoms with E-state index in [1.54, 1.807) is 6.07 Å². The summed E-state index contributed by atoms with van der Waals surface area (Å²) in [5.74, 6) is -1.60. The zero-order chi connectivity index (χ0) is 26.5. The maximum atomic E-state index is 13.6. The molecule has 0 atom stereocenters. The van der Waals surface area contributed by atoms with Crippen LogP contribution in [0.4, 0.5) is 4.39 Å². The number of aromatic carboxylic acids is 1. The lowest BCUT2D eigenvalue weighted by Gasteiger charge is -2.18. The van der Waals surface area contributed by atoms with Gasteiger partial charge in [-0.2, -0.15) is 0 Å². The first-order chi connectivity index (χ1) is 17.0. The van der Waals surface area contributed by atoms with Crippen LogP contribution in [-0.4, -0.2) is 58.9 Å². The molecule has 0 saturated carbocycles. The Bertz CT molecular complexity index is 1470. The van der Waals surface area contributed by atoms with E-state index in [4.69, 9.17) is 5.11 Å². The number of nitrogens with zero attached hydrogens (tertiary/aromatic N) is 1. The lowest BCUT2D eigenvalue weighted by Crippen LogP contribution is -2.36. The summed E-state index contributed by atoms with van der Waals surface area (Å²) in [5.41, 5.74) is 0.0171. The Morgan fingerprint density at radius 2 is 1.50 bits per heavy atom. The standard InChI is InChI=1S/C24H23FN2O7S2/c1-27(23(28)17-7-9-18(10-8-17)24(29)30)14-13-26-36(33,34)22-15-21(12-11-19(22)16-25)35(31,32)20-5-3-2-4-6-20/h2-12,15,26H,13-14,16H2,1H3,(H,29,30). The van der Waals surface area contributed by atoms with E-state index in [1.165, 1.54) is 60.5 Å². The molecule has 0 unspecified atom stereocenters. The molecule has 0 heterocycles. The molecule has 2 N–H and O–H groups in total. The van der Waals surface area contributed by atoms with Gasteiger partial charge in [-0.25, -0.2) is 30.7 Å². The molecule has 0 aliphatic rings. The Morgan fingerprint density at radius 3 is 2.08 bits per heavy atom. The average Bonchev–Trinajstić information content (AvgIpc) is 2.88. The van der Waals surface area contributed by atoms with Crippen LogP contribution in [0.15, 0.2) is 87.5 Å². The highest BCUT2D eigenvalue weighted by molar-refractivity contribution is 7.91. The molecule has 0 radical (unpaired) electrons. The van der Waals surface area contributed by atoms with Crippen LogP contribution in [0.1, 0.15) is 26.3 Å². The number of benzene rings is 3. The molecule has 190 valence electrons. The maximum absolute atomic E-state index is 13.6. The topological polar surface area (TPSA) is 138 Å². The predicted molar refractivity (Wildman–Crippen MR) is 129 cm³/mol. The van der Waals surface area contributed by atoms with E-state index in [9.17, 15) is 30.8 Å². The van der Waals surface area contributed by atoms with Crippen molar-refractivity contribution in [1.29, 1.82) is 0 Å². The minimum absolute atomic E-state index is 0.0159. The Hall–Kier alpha value is -3.61. The van der Waals surface area contributed by atoms with Gasteiger partial charge in [-0.1, -0.05) is 24.3 Å². The highest BCUT2D eigenvalue weighted by atomic mass is 32.2. The van der Waals surface area contributed by atoms with Crippen molar-refractivity contribution < 1.29 is 35.9 Å². The zero-order valence-electron chi connectivity index (χ0n) is 19.1. The highest BCUT2D eigenvalue weighted by Gasteiger charge is 2.24. The van der Waals surface area contributed by atoms with Gasteiger partial charge in [-0.15, -0.1) is 0 Å². The van der Waals surface area contributed by atoms with Gasteiger partial charge in [0, 0.05) is 31.3 Å². The second-order valence-corrected chi connectivity index (χ2v) is 11.4. The number of amides is 1. The molecule has 3 aromatic rings. The third-order valence-corrected chi connectivity index (χ3v) is 8.61. The summed E-state index contributed by atoms with van der Waals surface area (Å²) >= 11 is 0. The second kappa shape index (κ2) is 11.0. The van der Waals surface area contributed by atoms with Crippen molar-refractivity contribution in [2.24, 2.45) is 0 Å². The molecule has 0 aromatic heterocycles. The van der Waals surface area contributed by atoms with Crippen LogP contribution in [0.25, 0.3) is 0 Å². The summed E-state index contributed by atoms with van der Waals surface area (Å²) in [6.45, 7) is -1.43. The lowest BCUT2D eigenvalue weighted by molar-refractivity contribution is 0.0695. The summed E-state index contributed by atoms with van der Waals surface area (Å²) in [6.07, 6.45) is 0. The van der Waals surface area contributed by atoms with Gasteiger partial charge < -0.3 is 10.0 Å². The van der Waals surface area contributed by atoms with Gasteiger partial charge in [0.15, 0.2) is 0 Å². The van der Waals surface area contributed by atoms with Gasteiger partial charge in [-0.05, 0) is 48.5 Å². The summed E-state index contributed by atoms with van der Waals surface area (Å²) in [4.78, 5) is 23.8. The fraction of sp³-hybridized carbons (Fsp3) is 0.167. The number of rotatable bonds is 10. The third kappa shape index (κ3) is 5.96. The predicted octanol–water partition coefficient (Wildman–Crippen LogP) is 2.74. The minimum atomic E-state index is -4.33. The van der Waals surface area contributed by atoms with Crippen molar-refractivity contribution in [3.63, 3.8) is 0 Å². The van der Waals surface area contributed by atoms with E-state index in [0.717, 1.165) is 18.2 Å². The Labute approximate surface area is 208 Å². The van der Waals surface area contributed by atoms with Crippen molar-refractivity contribution in [3.8, 4) is 0 Å². The molecule has 0 fully saturated rings. The zero-order valence-corrected chi connectivity index (χ0v) is 20.7. The van der Waals surface area contributed by atoms with Gasteiger partial charge in [0.2, 0.25) is 19.9 Å². The van der Waals surface area contributed by atoms with Crippen LogP contribution in [-0.2, 0) is 26.5 Å². The molecule has 1 amide bonds. The van der Waals surface area contributed by atoms with Gasteiger partial charge >= 0.3 is 5.97 Å². The van der Waals surface area contributed by atoms with Crippen molar-refractivity contribution in [1.82, 2.24) is 9.62 Å². The molecule has 12 heteroatoms. The van der Waals surface area contributed by atoms with E-state index in [2.05, 4.69) is 4.72 Å². The number of carboxylic acids is 1. The quantitative estimate of drug-likeness (QED) is 0.408. The summed E-state index contributed by atoms with van der Waals surface area (Å²) in [5, 5.41) is 8.95.